The van der Waals surface area contributed by atoms with Gasteiger partial charge in [-0.15, -0.1) is 0 Å². The Labute approximate surface area is 169 Å². The van der Waals surface area contributed by atoms with Crippen LogP contribution in [0.25, 0.3) is 16.9 Å². The third-order valence-corrected chi connectivity index (χ3v) is 5.09. The van der Waals surface area contributed by atoms with Crippen LogP contribution in [0.2, 0.25) is 5.15 Å². The molecule has 142 valence electrons. The molecular formula is C22H21ClN4O. The third kappa shape index (κ3) is 3.95. The maximum Gasteiger partial charge on any atom is 0.139 e. The molecule has 1 atom stereocenters. The zero-order valence-electron chi connectivity index (χ0n) is 15.9. The van der Waals surface area contributed by atoms with Gasteiger partial charge >= 0.3 is 0 Å². The lowest BCUT2D eigenvalue weighted by Gasteiger charge is -2.14. The number of β-amino-alcohol motifs (C(OH)–C–C–N with tert-alkyl or cyclic N) is 1. The average Bonchev–Trinajstić information content (AvgIpc) is 3.25. The lowest BCUT2D eigenvalue weighted by atomic mass is 10.0. The second kappa shape index (κ2) is 7.40. The Morgan fingerprint density at radius 3 is 2.79 bits per heavy atom. The summed E-state index contributed by atoms with van der Waals surface area (Å²) in [4.78, 5) is 6.55. The molecule has 1 aromatic carbocycles. The third-order valence-electron chi connectivity index (χ3n) is 4.89. The van der Waals surface area contributed by atoms with Crippen LogP contribution in [0, 0.1) is 18.8 Å². The van der Waals surface area contributed by atoms with E-state index < -0.39 is 5.60 Å². The molecule has 1 aliphatic rings. The molecule has 0 amide bonds. The first-order valence-electron chi connectivity index (χ1n) is 9.15. The first-order chi connectivity index (χ1) is 13.4. The van der Waals surface area contributed by atoms with Crippen LogP contribution in [0.5, 0.6) is 0 Å². The number of benzene rings is 1. The summed E-state index contributed by atoms with van der Waals surface area (Å²) in [6.45, 7) is 3.41. The van der Waals surface area contributed by atoms with E-state index in [4.69, 9.17) is 11.6 Å². The van der Waals surface area contributed by atoms with E-state index in [0.717, 1.165) is 34.7 Å². The van der Waals surface area contributed by atoms with Crippen LogP contribution in [-0.2, 0) is 0 Å². The Morgan fingerprint density at radius 1 is 1.21 bits per heavy atom. The molecule has 1 fully saturated rings. The maximum absolute atomic E-state index is 10.6. The first kappa shape index (κ1) is 18.7. The molecule has 3 aromatic rings. The van der Waals surface area contributed by atoms with Gasteiger partial charge in [-0.2, -0.15) is 5.10 Å². The van der Waals surface area contributed by atoms with Gasteiger partial charge in [-0.3, -0.25) is 0 Å². The maximum atomic E-state index is 10.6. The van der Waals surface area contributed by atoms with Crippen molar-refractivity contribution in [1.82, 2.24) is 19.7 Å². The molecular weight excluding hydrogens is 372 g/mol. The number of rotatable bonds is 2. The van der Waals surface area contributed by atoms with Crippen molar-refractivity contribution in [3.63, 3.8) is 0 Å². The minimum atomic E-state index is -0.941. The van der Waals surface area contributed by atoms with Crippen molar-refractivity contribution in [3.8, 4) is 28.8 Å². The van der Waals surface area contributed by atoms with Gasteiger partial charge in [0, 0.05) is 48.6 Å². The van der Waals surface area contributed by atoms with Gasteiger partial charge in [0.2, 0.25) is 0 Å². The summed E-state index contributed by atoms with van der Waals surface area (Å²) in [7, 11) is 1.99. The molecule has 1 N–H and O–H groups in total. The Hall–Kier alpha value is -2.65. The zero-order chi connectivity index (χ0) is 19.7. The van der Waals surface area contributed by atoms with Crippen molar-refractivity contribution < 1.29 is 5.11 Å². The fourth-order valence-corrected chi connectivity index (χ4v) is 3.62. The monoisotopic (exact) mass is 392 g/mol. The molecule has 1 unspecified atom stereocenters. The minimum absolute atomic E-state index is 0.405. The van der Waals surface area contributed by atoms with Crippen molar-refractivity contribution in [1.29, 1.82) is 0 Å². The number of hydrogen-bond donors (Lipinski definition) is 1. The highest BCUT2D eigenvalue weighted by Gasteiger charge is 2.32. The Morgan fingerprint density at radius 2 is 2.07 bits per heavy atom. The van der Waals surface area contributed by atoms with Crippen molar-refractivity contribution in [2.75, 3.05) is 20.1 Å². The van der Waals surface area contributed by atoms with Gasteiger partial charge in [0.25, 0.3) is 0 Å². The minimum Gasteiger partial charge on any atom is -0.376 e. The Kier molecular flexibility index (Phi) is 4.94. The summed E-state index contributed by atoms with van der Waals surface area (Å²) >= 11 is 6.27. The van der Waals surface area contributed by atoms with Gasteiger partial charge in [-0.1, -0.05) is 35.6 Å². The number of aromatic nitrogens is 3. The summed E-state index contributed by atoms with van der Waals surface area (Å²) in [6, 6.07) is 13.5. The van der Waals surface area contributed by atoms with Gasteiger partial charge in [0.15, 0.2) is 0 Å². The van der Waals surface area contributed by atoms with E-state index in [1.54, 1.807) is 12.3 Å². The Balaban J connectivity index is 1.67. The Bertz CT molecular complexity index is 1080. The number of likely N-dealkylation sites (tertiary alicyclic amines) is 1. The molecule has 0 aliphatic carbocycles. The fraction of sp³-hybridized carbons (Fsp3) is 0.273. The van der Waals surface area contributed by atoms with Gasteiger partial charge in [0.05, 0.1) is 11.4 Å². The molecule has 1 aliphatic heterocycles. The molecule has 2 aromatic heterocycles. The SMILES string of the molecule is Cc1ccnn1-c1cc(Cl)nc(-c2cccc(C#CC3(O)CCN(C)C3)c2)c1. The molecule has 4 rings (SSSR count). The van der Waals surface area contributed by atoms with Gasteiger partial charge in [-0.25, -0.2) is 9.67 Å². The van der Waals surface area contributed by atoms with Crippen LogP contribution in [0.4, 0.5) is 0 Å². The second-order valence-corrected chi connectivity index (χ2v) is 7.66. The zero-order valence-corrected chi connectivity index (χ0v) is 16.6. The predicted molar refractivity (Wildman–Crippen MR) is 110 cm³/mol. The van der Waals surface area contributed by atoms with Crippen LogP contribution in [0.3, 0.4) is 0 Å². The normalized spacial score (nSPS) is 19.4. The number of hydrogen-bond acceptors (Lipinski definition) is 4. The van der Waals surface area contributed by atoms with E-state index >= 15 is 0 Å². The predicted octanol–water partition coefficient (Wildman–Crippen LogP) is 3.31. The highest BCUT2D eigenvalue weighted by Crippen LogP contribution is 2.25. The topological polar surface area (TPSA) is 54.2 Å². The van der Waals surface area contributed by atoms with E-state index in [0.29, 0.717) is 18.1 Å². The van der Waals surface area contributed by atoms with Crippen LogP contribution in [0.1, 0.15) is 17.7 Å². The molecule has 1 saturated heterocycles. The number of pyridine rings is 1. The van der Waals surface area contributed by atoms with Crippen molar-refractivity contribution in [2.45, 2.75) is 18.9 Å². The highest BCUT2D eigenvalue weighted by atomic mass is 35.5. The van der Waals surface area contributed by atoms with E-state index in [9.17, 15) is 5.11 Å². The van der Waals surface area contributed by atoms with Gasteiger partial charge in [0.1, 0.15) is 10.8 Å². The van der Waals surface area contributed by atoms with Gasteiger partial charge in [-0.05, 0) is 38.2 Å². The lowest BCUT2D eigenvalue weighted by Crippen LogP contribution is -2.29. The van der Waals surface area contributed by atoms with Crippen LogP contribution in [0.15, 0.2) is 48.7 Å². The van der Waals surface area contributed by atoms with E-state index in [-0.39, 0.29) is 0 Å². The van der Waals surface area contributed by atoms with Crippen LogP contribution < -0.4 is 0 Å². The standard InChI is InChI=1S/C22H21ClN4O/c1-16-7-10-24-27(16)19-13-20(25-21(23)14-19)18-5-3-4-17(12-18)6-8-22(28)9-11-26(2)15-22/h3-5,7,10,12-14,28H,9,11,15H2,1-2H3. The number of halogens is 1. The van der Waals surface area contributed by atoms with Crippen molar-refractivity contribution in [3.05, 3.63) is 65.1 Å². The molecule has 28 heavy (non-hydrogen) atoms. The van der Waals surface area contributed by atoms with Crippen LogP contribution in [-0.4, -0.2) is 50.5 Å². The lowest BCUT2D eigenvalue weighted by molar-refractivity contribution is 0.112. The molecule has 5 nitrogen and oxygen atoms in total. The highest BCUT2D eigenvalue weighted by molar-refractivity contribution is 6.29. The second-order valence-electron chi connectivity index (χ2n) is 7.27. The summed E-state index contributed by atoms with van der Waals surface area (Å²) in [6.07, 6.45) is 2.42. The first-order valence-corrected chi connectivity index (χ1v) is 9.53. The van der Waals surface area contributed by atoms with Crippen LogP contribution >= 0.6 is 11.6 Å². The van der Waals surface area contributed by atoms with Crippen molar-refractivity contribution >= 4 is 11.6 Å². The largest absolute Gasteiger partial charge is 0.376 e. The molecule has 0 radical (unpaired) electrons. The smallest absolute Gasteiger partial charge is 0.139 e. The molecule has 3 heterocycles. The number of nitrogens with zero attached hydrogens (tertiary/aromatic N) is 4. The molecule has 0 bridgehead atoms. The average molecular weight is 393 g/mol. The quantitative estimate of drug-likeness (QED) is 0.537. The molecule has 0 saturated carbocycles. The summed E-state index contributed by atoms with van der Waals surface area (Å²) in [5.74, 6) is 6.16. The van der Waals surface area contributed by atoms with Gasteiger partial charge < -0.3 is 10.0 Å². The number of aliphatic hydroxyl groups is 1. The van der Waals surface area contributed by atoms with E-state index in [2.05, 4.69) is 26.8 Å². The number of likely N-dealkylation sites (N-methyl/N-ethyl adjacent to an activating group) is 1. The number of aryl methyl sites for hydroxylation is 1. The molecule has 0 spiro atoms. The fourth-order valence-electron chi connectivity index (χ4n) is 3.42. The molecule has 6 heteroatoms. The van der Waals surface area contributed by atoms with E-state index in [1.807, 2.05) is 55.1 Å². The van der Waals surface area contributed by atoms with Crippen molar-refractivity contribution in [2.24, 2.45) is 0 Å². The summed E-state index contributed by atoms with van der Waals surface area (Å²) in [5, 5.41) is 15.3. The summed E-state index contributed by atoms with van der Waals surface area (Å²) < 4.78 is 1.83. The van der Waals surface area contributed by atoms with E-state index in [1.165, 1.54) is 0 Å². The summed E-state index contributed by atoms with van der Waals surface area (Å²) in [5.41, 5.74) is 3.43.